The van der Waals surface area contributed by atoms with E-state index in [1.807, 2.05) is 54.8 Å². The van der Waals surface area contributed by atoms with Crippen molar-refractivity contribution in [3.05, 3.63) is 85.2 Å². The molecule has 3 aromatic rings. The van der Waals surface area contributed by atoms with Gasteiger partial charge < -0.3 is 9.88 Å². The zero-order valence-corrected chi connectivity index (χ0v) is 19.8. The van der Waals surface area contributed by atoms with E-state index < -0.39 is 17.6 Å². The van der Waals surface area contributed by atoms with Gasteiger partial charge in [-0.15, -0.1) is 0 Å². The Kier molecular flexibility index (Phi) is 7.00. The number of hydrogen-bond acceptors (Lipinski definition) is 2. The average Bonchev–Trinajstić information content (AvgIpc) is 3.00. The predicted octanol–water partition coefficient (Wildman–Crippen LogP) is 6.92. The molecule has 32 heavy (non-hydrogen) atoms. The van der Waals surface area contributed by atoms with E-state index in [0.717, 1.165) is 38.8 Å². The molecule has 0 saturated heterocycles. The van der Waals surface area contributed by atoms with Crippen LogP contribution < -0.4 is 5.32 Å². The summed E-state index contributed by atoms with van der Waals surface area (Å²) < 4.78 is 42.0. The van der Waals surface area contributed by atoms with E-state index in [1.165, 1.54) is 6.08 Å². The summed E-state index contributed by atoms with van der Waals surface area (Å²) in [6.45, 7) is 3.75. The molecule has 0 unspecified atom stereocenters. The van der Waals surface area contributed by atoms with Gasteiger partial charge in [-0.25, -0.2) is 0 Å². The number of hydrogen-bond donors (Lipinski definition) is 1. The second kappa shape index (κ2) is 9.38. The molecule has 3 rings (SSSR count). The van der Waals surface area contributed by atoms with E-state index in [1.54, 1.807) is 0 Å². The second-order valence-corrected chi connectivity index (χ2v) is 8.61. The Balaban J connectivity index is 1.94. The minimum absolute atomic E-state index is 0.0690. The van der Waals surface area contributed by atoms with E-state index >= 15 is 0 Å². The molecule has 1 aromatic heterocycles. The van der Waals surface area contributed by atoms with Crippen LogP contribution in [0.4, 0.5) is 18.9 Å². The quantitative estimate of drug-likeness (QED) is 0.211. The van der Waals surface area contributed by atoms with E-state index in [9.17, 15) is 23.2 Å². The van der Waals surface area contributed by atoms with Crippen LogP contribution in [0.25, 0.3) is 11.8 Å². The maximum absolute atomic E-state index is 13.0. The molecule has 0 saturated carbocycles. The van der Waals surface area contributed by atoms with Crippen molar-refractivity contribution in [1.82, 2.24) is 4.57 Å². The van der Waals surface area contributed by atoms with Gasteiger partial charge in [0.05, 0.1) is 16.3 Å². The molecule has 4 nitrogen and oxygen atoms in total. The molecule has 0 aliphatic carbocycles. The lowest BCUT2D eigenvalue weighted by molar-refractivity contribution is -0.137. The first-order chi connectivity index (χ1) is 15.0. The summed E-state index contributed by atoms with van der Waals surface area (Å²) in [7, 11) is 0. The van der Waals surface area contributed by atoms with Gasteiger partial charge in [0.2, 0.25) is 0 Å². The summed E-state index contributed by atoms with van der Waals surface area (Å²) in [5.41, 5.74) is 1.83. The van der Waals surface area contributed by atoms with Crippen LogP contribution in [0.1, 0.15) is 22.5 Å². The van der Waals surface area contributed by atoms with Crippen LogP contribution in [0.15, 0.2) is 54.1 Å². The molecule has 0 atom stereocenters. The standard InChI is InChI=1S/C23H16ClF3IN3O/c1-13-9-15(14(2)31(13)19-6-4-18(28)5-7-19)10-16(12-29)22(32)30-21-11-17(23(25,26)27)3-8-20(21)24/h3-11H,1-2H3,(H,30,32)/b16-10+. The van der Waals surface area contributed by atoms with Crippen LogP contribution in [0.3, 0.4) is 0 Å². The van der Waals surface area contributed by atoms with E-state index in [0.29, 0.717) is 5.56 Å². The van der Waals surface area contributed by atoms with Crippen LogP contribution >= 0.6 is 34.2 Å². The fraction of sp³-hybridized carbons (Fsp3) is 0.130. The molecule has 0 radical (unpaired) electrons. The first kappa shape index (κ1) is 23.9. The Morgan fingerprint density at radius 3 is 2.41 bits per heavy atom. The maximum atomic E-state index is 13.0. The monoisotopic (exact) mass is 569 g/mol. The number of halogens is 5. The maximum Gasteiger partial charge on any atom is 0.416 e. The lowest BCUT2D eigenvalue weighted by atomic mass is 10.1. The van der Waals surface area contributed by atoms with Crippen molar-refractivity contribution in [2.24, 2.45) is 0 Å². The van der Waals surface area contributed by atoms with Crippen molar-refractivity contribution < 1.29 is 18.0 Å². The van der Waals surface area contributed by atoms with Crippen LogP contribution in [-0.2, 0) is 11.0 Å². The lowest BCUT2D eigenvalue weighted by Gasteiger charge is -2.11. The van der Waals surface area contributed by atoms with Crippen molar-refractivity contribution in [2.45, 2.75) is 20.0 Å². The normalized spacial score (nSPS) is 11.9. The highest BCUT2D eigenvalue weighted by molar-refractivity contribution is 14.1. The molecule has 0 aliphatic rings. The van der Waals surface area contributed by atoms with E-state index in [-0.39, 0.29) is 16.3 Å². The van der Waals surface area contributed by atoms with Crippen molar-refractivity contribution in [1.29, 1.82) is 5.26 Å². The number of carbonyl (C=O) groups is 1. The van der Waals surface area contributed by atoms with Crippen LogP contribution in [0.5, 0.6) is 0 Å². The molecule has 0 bridgehead atoms. The molecule has 9 heteroatoms. The minimum atomic E-state index is -4.59. The average molecular weight is 570 g/mol. The number of aryl methyl sites for hydroxylation is 1. The van der Waals surface area contributed by atoms with Gasteiger partial charge in [-0.05, 0) is 96.6 Å². The third kappa shape index (κ3) is 5.16. The zero-order valence-electron chi connectivity index (χ0n) is 16.9. The minimum Gasteiger partial charge on any atom is -0.320 e. The van der Waals surface area contributed by atoms with Gasteiger partial charge in [0.15, 0.2) is 0 Å². The summed E-state index contributed by atoms with van der Waals surface area (Å²) in [6, 6.07) is 14.1. The first-order valence-corrected chi connectivity index (χ1v) is 10.7. The molecule has 0 fully saturated rings. The molecule has 164 valence electrons. The van der Waals surface area contributed by atoms with Crippen LogP contribution in [0.2, 0.25) is 5.02 Å². The van der Waals surface area contributed by atoms with Gasteiger partial charge in [0, 0.05) is 20.6 Å². The molecule has 0 aliphatic heterocycles. The molecule has 1 heterocycles. The summed E-state index contributed by atoms with van der Waals surface area (Å²) in [4.78, 5) is 12.6. The number of nitriles is 1. The highest BCUT2D eigenvalue weighted by Crippen LogP contribution is 2.34. The second-order valence-electron chi connectivity index (χ2n) is 6.95. The van der Waals surface area contributed by atoms with Crippen LogP contribution in [-0.4, -0.2) is 10.5 Å². The number of anilines is 1. The third-order valence-corrected chi connectivity index (χ3v) is 5.81. The number of alkyl halides is 3. The van der Waals surface area contributed by atoms with Gasteiger partial charge >= 0.3 is 6.18 Å². The number of benzene rings is 2. The topological polar surface area (TPSA) is 57.8 Å². The largest absolute Gasteiger partial charge is 0.416 e. The molecule has 1 amide bonds. The van der Waals surface area contributed by atoms with Gasteiger partial charge in [-0.3, -0.25) is 4.79 Å². The summed E-state index contributed by atoms with van der Waals surface area (Å²) >= 11 is 8.15. The van der Waals surface area contributed by atoms with Gasteiger partial charge in [0.25, 0.3) is 5.91 Å². The number of nitrogens with one attached hydrogen (secondary N) is 1. The lowest BCUT2D eigenvalue weighted by Crippen LogP contribution is -2.15. The number of amides is 1. The smallest absolute Gasteiger partial charge is 0.320 e. The zero-order chi connectivity index (χ0) is 23.6. The van der Waals surface area contributed by atoms with Crippen molar-refractivity contribution >= 4 is 51.9 Å². The number of rotatable bonds is 4. The SMILES string of the molecule is Cc1cc(/C=C(\C#N)C(=O)Nc2cc(C(F)(F)F)ccc2Cl)c(C)n1-c1ccc(I)cc1. The number of carbonyl (C=O) groups excluding carboxylic acids is 1. The Labute approximate surface area is 201 Å². The van der Waals surface area contributed by atoms with Gasteiger partial charge in [-0.2, -0.15) is 18.4 Å². The van der Waals surface area contributed by atoms with Crippen molar-refractivity contribution in [3.63, 3.8) is 0 Å². The fourth-order valence-corrected chi connectivity index (χ4v) is 3.74. The third-order valence-electron chi connectivity index (χ3n) is 4.76. The van der Waals surface area contributed by atoms with Gasteiger partial charge in [0.1, 0.15) is 11.6 Å². The first-order valence-electron chi connectivity index (χ1n) is 9.26. The van der Waals surface area contributed by atoms with Crippen molar-refractivity contribution in [2.75, 3.05) is 5.32 Å². The van der Waals surface area contributed by atoms with Gasteiger partial charge in [-0.1, -0.05) is 11.6 Å². The predicted molar refractivity (Wildman–Crippen MR) is 127 cm³/mol. The fourth-order valence-electron chi connectivity index (χ4n) is 3.21. The van der Waals surface area contributed by atoms with Crippen LogP contribution in [0, 0.1) is 28.7 Å². The highest BCUT2D eigenvalue weighted by atomic mass is 127. The summed E-state index contributed by atoms with van der Waals surface area (Å²) in [5, 5.41) is 11.7. The molecular formula is C23H16ClF3IN3O. The highest BCUT2D eigenvalue weighted by Gasteiger charge is 2.31. The van der Waals surface area contributed by atoms with E-state index in [2.05, 4.69) is 27.9 Å². The Bertz CT molecular complexity index is 1260. The Morgan fingerprint density at radius 1 is 1.16 bits per heavy atom. The molecule has 2 aromatic carbocycles. The molecule has 1 N–H and O–H groups in total. The molecular weight excluding hydrogens is 554 g/mol. The summed E-state index contributed by atoms with van der Waals surface area (Å²) in [6.07, 6.45) is -3.19. The van der Waals surface area contributed by atoms with E-state index in [4.69, 9.17) is 11.6 Å². The molecule has 0 spiro atoms. The summed E-state index contributed by atoms with van der Waals surface area (Å²) in [5.74, 6) is -0.854. The van der Waals surface area contributed by atoms with Crippen molar-refractivity contribution in [3.8, 4) is 11.8 Å². The number of aromatic nitrogens is 1. The Morgan fingerprint density at radius 2 is 1.81 bits per heavy atom. The Hall–Kier alpha value is -2.77. The number of nitrogens with zero attached hydrogens (tertiary/aromatic N) is 2.